The molecule has 0 bridgehead atoms. The highest BCUT2D eigenvalue weighted by Crippen LogP contribution is 2.30. The monoisotopic (exact) mass is 259 g/mol. The highest BCUT2D eigenvalue weighted by molar-refractivity contribution is 5.49. The topological polar surface area (TPSA) is 91.3 Å². The van der Waals surface area contributed by atoms with Crippen LogP contribution in [-0.2, 0) is 6.54 Å². The van der Waals surface area contributed by atoms with Crippen LogP contribution in [0.4, 0.5) is 5.69 Å². The lowest BCUT2D eigenvalue weighted by atomic mass is 10.2. The van der Waals surface area contributed by atoms with Crippen molar-refractivity contribution >= 4 is 5.69 Å². The van der Waals surface area contributed by atoms with E-state index in [-0.39, 0.29) is 5.69 Å². The molecule has 0 aliphatic heterocycles. The summed E-state index contributed by atoms with van der Waals surface area (Å²) in [5.74, 6) is 0.794. The van der Waals surface area contributed by atoms with Crippen molar-refractivity contribution in [3.05, 3.63) is 57.8 Å². The molecular formula is C13H13N3O3. The summed E-state index contributed by atoms with van der Waals surface area (Å²) in [5, 5.41) is 10.8. The Morgan fingerprint density at radius 3 is 2.74 bits per heavy atom. The maximum absolute atomic E-state index is 10.8. The average molecular weight is 259 g/mol. The van der Waals surface area contributed by atoms with Crippen LogP contribution in [0.3, 0.4) is 0 Å². The molecule has 1 heterocycles. The van der Waals surface area contributed by atoms with Gasteiger partial charge in [-0.3, -0.25) is 10.1 Å². The zero-order chi connectivity index (χ0) is 13.8. The molecule has 2 rings (SSSR count). The molecule has 2 N–H and O–H groups in total. The molecule has 0 aliphatic carbocycles. The normalized spacial score (nSPS) is 10.2. The lowest BCUT2D eigenvalue weighted by Crippen LogP contribution is -1.98. The van der Waals surface area contributed by atoms with Gasteiger partial charge in [-0.1, -0.05) is 12.1 Å². The first-order valence-corrected chi connectivity index (χ1v) is 5.68. The second-order valence-corrected chi connectivity index (χ2v) is 3.97. The second kappa shape index (κ2) is 5.45. The molecule has 0 radical (unpaired) electrons. The number of pyridine rings is 1. The van der Waals surface area contributed by atoms with Crippen LogP contribution in [0.1, 0.15) is 11.1 Å². The molecule has 0 atom stereocenters. The number of hydrogen-bond donors (Lipinski definition) is 1. The minimum absolute atomic E-state index is 0.0241. The van der Waals surface area contributed by atoms with Crippen molar-refractivity contribution in [1.82, 2.24) is 4.98 Å². The SMILES string of the molecule is Cc1c(Oc2ccc(CN)cn2)cccc1[N+](=O)[O-]. The van der Waals surface area contributed by atoms with E-state index >= 15 is 0 Å². The summed E-state index contributed by atoms with van der Waals surface area (Å²) in [5.41, 5.74) is 6.86. The molecular weight excluding hydrogens is 246 g/mol. The molecule has 0 amide bonds. The molecule has 0 fully saturated rings. The summed E-state index contributed by atoms with van der Waals surface area (Å²) in [7, 11) is 0. The standard InChI is InChI=1S/C13H13N3O3/c1-9-11(16(17)18)3-2-4-12(9)19-13-6-5-10(7-14)8-15-13/h2-6,8H,7,14H2,1H3. The van der Waals surface area contributed by atoms with E-state index in [4.69, 9.17) is 10.5 Å². The van der Waals surface area contributed by atoms with E-state index < -0.39 is 4.92 Å². The van der Waals surface area contributed by atoms with Crippen molar-refractivity contribution in [3.63, 3.8) is 0 Å². The van der Waals surface area contributed by atoms with E-state index in [9.17, 15) is 10.1 Å². The van der Waals surface area contributed by atoms with Gasteiger partial charge in [0, 0.05) is 24.9 Å². The number of aromatic nitrogens is 1. The zero-order valence-corrected chi connectivity index (χ0v) is 10.4. The van der Waals surface area contributed by atoms with Gasteiger partial charge in [-0.05, 0) is 18.6 Å². The van der Waals surface area contributed by atoms with Crippen LogP contribution >= 0.6 is 0 Å². The molecule has 0 aliphatic rings. The Hall–Kier alpha value is -2.47. The van der Waals surface area contributed by atoms with Gasteiger partial charge in [-0.2, -0.15) is 0 Å². The van der Waals surface area contributed by atoms with Crippen LogP contribution in [-0.4, -0.2) is 9.91 Å². The van der Waals surface area contributed by atoms with Gasteiger partial charge in [0.2, 0.25) is 5.88 Å². The quantitative estimate of drug-likeness (QED) is 0.673. The molecule has 98 valence electrons. The van der Waals surface area contributed by atoms with Crippen LogP contribution in [0.5, 0.6) is 11.6 Å². The van der Waals surface area contributed by atoms with Gasteiger partial charge in [0.15, 0.2) is 0 Å². The Bertz CT molecular complexity index is 597. The van der Waals surface area contributed by atoms with Crippen molar-refractivity contribution in [1.29, 1.82) is 0 Å². The average Bonchev–Trinajstić information content (AvgIpc) is 2.41. The summed E-state index contributed by atoms with van der Waals surface area (Å²) in [6.45, 7) is 2.05. The van der Waals surface area contributed by atoms with Crippen LogP contribution < -0.4 is 10.5 Å². The maximum Gasteiger partial charge on any atom is 0.276 e. The zero-order valence-electron chi connectivity index (χ0n) is 10.4. The molecule has 0 saturated carbocycles. The van der Waals surface area contributed by atoms with E-state index in [2.05, 4.69) is 4.98 Å². The van der Waals surface area contributed by atoms with Crippen molar-refractivity contribution < 1.29 is 9.66 Å². The Morgan fingerprint density at radius 1 is 1.37 bits per heavy atom. The van der Waals surface area contributed by atoms with Gasteiger partial charge in [0.05, 0.1) is 10.5 Å². The molecule has 1 aromatic carbocycles. The van der Waals surface area contributed by atoms with Crippen molar-refractivity contribution in [2.45, 2.75) is 13.5 Å². The number of ether oxygens (including phenoxy) is 1. The fourth-order valence-corrected chi connectivity index (χ4v) is 1.62. The molecule has 6 nitrogen and oxygen atoms in total. The van der Waals surface area contributed by atoms with Crippen LogP contribution in [0.15, 0.2) is 36.5 Å². The van der Waals surface area contributed by atoms with E-state index in [0.717, 1.165) is 5.56 Å². The summed E-state index contributed by atoms with van der Waals surface area (Å²) in [6, 6.07) is 8.16. The highest BCUT2D eigenvalue weighted by Gasteiger charge is 2.14. The third-order valence-electron chi connectivity index (χ3n) is 2.70. The summed E-state index contributed by atoms with van der Waals surface area (Å²) < 4.78 is 5.54. The van der Waals surface area contributed by atoms with Crippen LogP contribution in [0.2, 0.25) is 0 Å². The smallest absolute Gasteiger partial charge is 0.276 e. The lowest BCUT2D eigenvalue weighted by Gasteiger charge is -2.08. The summed E-state index contributed by atoms with van der Waals surface area (Å²) in [4.78, 5) is 14.5. The predicted molar refractivity (Wildman–Crippen MR) is 70.0 cm³/mol. The number of nitro groups is 1. The Kier molecular flexibility index (Phi) is 3.72. The fraction of sp³-hybridized carbons (Fsp3) is 0.154. The largest absolute Gasteiger partial charge is 0.439 e. The van der Waals surface area contributed by atoms with Gasteiger partial charge in [-0.25, -0.2) is 4.98 Å². The third kappa shape index (κ3) is 2.86. The number of nitrogens with two attached hydrogens (primary N) is 1. The molecule has 0 unspecified atom stereocenters. The molecule has 1 aromatic heterocycles. The third-order valence-corrected chi connectivity index (χ3v) is 2.70. The number of rotatable bonds is 4. The van der Waals surface area contributed by atoms with E-state index in [1.165, 1.54) is 6.07 Å². The van der Waals surface area contributed by atoms with Crippen molar-refractivity contribution in [2.75, 3.05) is 0 Å². The van der Waals surface area contributed by atoms with E-state index in [0.29, 0.717) is 23.7 Å². The first-order valence-electron chi connectivity index (χ1n) is 5.68. The molecule has 0 spiro atoms. The highest BCUT2D eigenvalue weighted by atomic mass is 16.6. The number of benzene rings is 1. The van der Waals surface area contributed by atoms with Crippen LogP contribution in [0.25, 0.3) is 0 Å². The lowest BCUT2D eigenvalue weighted by molar-refractivity contribution is -0.385. The minimum Gasteiger partial charge on any atom is -0.439 e. The van der Waals surface area contributed by atoms with Gasteiger partial charge in [0.25, 0.3) is 5.69 Å². The first-order chi connectivity index (χ1) is 9.11. The molecule has 6 heteroatoms. The van der Waals surface area contributed by atoms with Crippen molar-refractivity contribution in [2.24, 2.45) is 5.73 Å². The van der Waals surface area contributed by atoms with E-state index in [1.807, 2.05) is 0 Å². The Balaban J connectivity index is 2.27. The maximum atomic E-state index is 10.8. The number of nitro benzene ring substituents is 1. The Morgan fingerprint density at radius 2 is 2.16 bits per heavy atom. The summed E-state index contributed by atoms with van der Waals surface area (Å²) in [6.07, 6.45) is 1.61. The predicted octanol–water partition coefficient (Wildman–Crippen LogP) is 2.55. The van der Waals surface area contributed by atoms with Crippen molar-refractivity contribution in [3.8, 4) is 11.6 Å². The molecule has 2 aromatic rings. The van der Waals surface area contributed by atoms with E-state index in [1.54, 1.807) is 37.4 Å². The number of hydrogen-bond acceptors (Lipinski definition) is 5. The number of nitrogens with zero attached hydrogens (tertiary/aromatic N) is 2. The Labute approximate surface area is 110 Å². The molecule has 19 heavy (non-hydrogen) atoms. The first kappa shape index (κ1) is 13.0. The van der Waals surface area contributed by atoms with Gasteiger partial charge >= 0.3 is 0 Å². The fourth-order valence-electron chi connectivity index (χ4n) is 1.62. The molecule has 0 saturated heterocycles. The summed E-state index contributed by atoms with van der Waals surface area (Å²) >= 11 is 0. The van der Waals surface area contributed by atoms with Gasteiger partial charge in [-0.15, -0.1) is 0 Å². The van der Waals surface area contributed by atoms with Gasteiger partial charge < -0.3 is 10.5 Å². The van der Waals surface area contributed by atoms with Gasteiger partial charge in [0.1, 0.15) is 5.75 Å². The van der Waals surface area contributed by atoms with Crippen LogP contribution in [0, 0.1) is 17.0 Å². The second-order valence-electron chi connectivity index (χ2n) is 3.97. The minimum atomic E-state index is -0.437.